The lowest BCUT2D eigenvalue weighted by atomic mass is 9.77. The highest BCUT2D eigenvalue weighted by molar-refractivity contribution is 8.02. The molecule has 0 aliphatic carbocycles. The minimum atomic E-state index is -0.965. The van der Waals surface area contributed by atoms with Crippen molar-refractivity contribution < 1.29 is 28.7 Å². The van der Waals surface area contributed by atoms with Crippen LogP contribution in [0.15, 0.2) is 160 Å². The average Bonchev–Trinajstić information content (AvgIpc) is 4.00. The van der Waals surface area contributed by atoms with Gasteiger partial charge in [0.05, 0.1) is 18.0 Å². The van der Waals surface area contributed by atoms with Crippen molar-refractivity contribution in [1.82, 2.24) is 25.2 Å². The van der Waals surface area contributed by atoms with E-state index in [0.717, 1.165) is 42.4 Å². The molecule has 17 heteroatoms. The molecule has 2 aliphatic rings. The van der Waals surface area contributed by atoms with Gasteiger partial charge in [-0.15, -0.1) is 34.4 Å². The van der Waals surface area contributed by atoms with E-state index in [2.05, 4.69) is 62.2 Å². The number of nitrogens with zero attached hydrogens (tertiary/aromatic N) is 5. The molecule has 2 atom stereocenters. The number of methoxy groups -OCH3 is 1. The summed E-state index contributed by atoms with van der Waals surface area (Å²) in [5.41, 5.74) is 4.68. The maximum Gasteiger partial charge on any atom is 0.355 e. The van der Waals surface area contributed by atoms with E-state index < -0.39 is 34.7 Å². The number of carbonyl (C=O) groups is 3. The van der Waals surface area contributed by atoms with Crippen molar-refractivity contribution in [2.75, 3.05) is 31.0 Å². The quantitative estimate of drug-likeness (QED) is 0.0240. The number of ether oxygens (including phenoxy) is 2. The van der Waals surface area contributed by atoms with Gasteiger partial charge in [0.2, 0.25) is 0 Å². The molecule has 2 N–H and O–H groups in total. The number of esters is 1. The van der Waals surface area contributed by atoms with Crippen LogP contribution in [-0.2, 0) is 36.1 Å². The molecule has 0 spiro atoms. The average molecular weight is 926 g/mol. The number of hydrogen-bond acceptors (Lipinski definition) is 15. The second-order valence-corrected chi connectivity index (χ2v) is 18.7. The van der Waals surface area contributed by atoms with E-state index in [1.807, 2.05) is 72.8 Å². The van der Waals surface area contributed by atoms with Gasteiger partial charge in [0.25, 0.3) is 11.8 Å². The maximum absolute atomic E-state index is 14.2. The van der Waals surface area contributed by atoms with E-state index in [0.29, 0.717) is 22.4 Å². The van der Waals surface area contributed by atoms with Crippen molar-refractivity contribution in [3.05, 3.63) is 178 Å². The van der Waals surface area contributed by atoms with Crippen LogP contribution in [0.3, 0.4) is 0 Å². The van der Waals surface area contributed by atoms with E-state index in [9.17, 15) is 14.4 Å². The number of aromatic nitrogens is 3. The third kappa shape index (κ3) is 8.58. The van der Waals surface area contributed by atoms with Crippen LogP contribution in [0.1, 0.15) is 27.9 Å². The Hall–Kier alpha value is -6.53. The van der Waals surface area contributed by atoms with Gasteiger partial charge in [0.15, 0.2) is 15.2 Å². The Morgan fingerprint density at radius 1 is 0.891 bits per heavy atom. The summed E-state index contributed by atoms with van der Waals surface area (Å²) >= 11 is 5.78. The third-order valence-electron chi connectivity index (χ3n) is 10.7. The van der Waals surface area contributed by atoms with Gasteiger partial charge in [-0.3, -0.25) is 19.5 Å². The number of fused-ring (bicyclic) bond motifs is 2. The van der Waals surface area contributed by atoms with Crippen molar-refractivity contribution in [3.8, 4) is 5.75 Å². The Bertz CT molecular complexity index is 2730. The Labute approximate surface area is 385 Å². The number of β-lactam (4-membered cyclic amide) rings is 1. The van der Waals surface area contributed by atoms with Gasteiger partial charge in [0, 0.05) is 23.1 Å². The Morgan fingerprint density at radius 3 is 2.19 bits per heavy atom. The second kappa shape index (κ2) is 19.1. The van der Waals surface area contributed by atoms with Crippen LogP contribution < -0.4 is 15.4 Å². The van der Waals surface area contributed by atoms with Gasteiger partial charge in [-0.2, -0.15) is 0 Å². The van der Waals surface area contributed by atoms with Crippen LogP contribution in [0.5, 0.6) is 5.75 Å². The summed E-state index contributed by atoms with van der Waals surface area (Å²) in [6.45, 7) is -0.0118. The van der Waals surface area contributed by atoms with Gasteiger partial charge in [-0.05, 0) is 46.0 Å². The topological polar surface area (TPSA) is 157 Å². The molecule has 5 heterocycles. The minimum Gasteiger partial charge on any atom is -0.497 e. The molecule has 0 saturated carbocycles. The summed E-state index contributed by atoms with van der Waals surface area (Å²) in [5.74, 6) is -0.255. The van der Waals surface area contributed by atoms with Gasteiger partial charge in [0.1, 0.15) is 53.3 Å². The molecule has 1 fully saturated rings. The molecule has 3 aromatic heterocycles. The van der Waals surface area contributed by atoms with Gasteiger partial charge in [-0.25, -0.2) is 14.8 Å². The molecule has 2 amide bonds. The fourth-order valence-corrected chi connectivity index (χ4v) is 11.8. The van der Waals surface area contributed by atoms with Gasteiger partial charge in [-0.1, -0.05) is 120 Å². The molecule has 7 aromatic rings. The normalized spacial score (nSPS) is 16.2. The fourth-order valence-electron chi connectivity index (χ4n) is 7.58. The summed E-state index contributed by atoms with van der Waals surface area (Å²) in [6, 6.07) is 38.5. The highest BCUT2D eigenvalue weighted by Gasteiger charge is 2.55. The predicted octanol–water partition coefficient (Wildman–Crippen LogP) is 8.10. The molecule has 0 bridgehead atoms. The first-order chi connectivity index (χ1) is 31.4. The van der Waals surface area contributed by atoms with Crippen molar-refractivity contribution in [2.45, 2.75) is 27.9 Å². The van der Waals surface area contributed by atoms with Crippen LogP contribution in [0.4, 0.5) is 5.13 Å². The molecule has 1 unspecified atom stereocenters. The van der Waals surface area contributed by atoms with Crippen LogP contribution in [-0.4, -0.2) is 80.5 Å². The van der Waals surface area contributed by atoms with Crippen molar-refractivity contribution in [3.63, 3.8) is 0 Å². The number of anilines is 1. The van der Waals surface area contributed by atoms with Crippen LogP contribution in [0, 0.1) is 0 Å². The number of nitrogens with one attached hydrogen (secondary N) is 2. The number of thioether (sulfide) groups is 2. The molecule has 64 heavy (non-hydrogen) atoms. The third-order valence-corrected chi connectivity index (χ3v) is 15.0. The van der Waals surface area contributed by atoms with Gasteiger partial charge < -0.3 is 24.9 Å². The van der Waals surface area contributed by atoms with E-state index in [4.69, 9.17) is 19.3 Å². The first kappa shape index (κ1) is 42.8. The molecule has 0 radical (unpaired) electrons. The smallest absolute Gasteiger partial charge is 0.355 e. The first-order valence-corrected chi connectivity index (χ1v) is 23.7. The molecular weight excluding hydrogens is 887 g/mol. The largest absolute Gasteiger partial charge is 0.497 e. The number of thiazole rings is 2. The van der Waals surface area contributed by atoms with E-state index >= 15 is 0 Å². The molecule has 4 aromatic carbocycles. The van der Waals surface area contributed by atoms with Crippen LogP contribution in [0.2, 0.25) is 0 Å². The summed E-state index contributed by atoms with van der Waals surface area (Å²) in [7, 11) is 2.92. The van der Waals surface area contributed by atoms with Crippen molar-refractivity contribution >= 4 is 85.0 Å². The Balaban J connectivity index is 0.955. The number of carbonyl (C=O) groups excluding carboxylic acids is 3. The molecule has 9 rings (SSSR count). The lowest BCUT2D eigenvalue weighted by Crippen LogP contribution is -2.71. The number of rotatable bonds is 16. The summed E-state index contributed by atoms with van der Waals surface area (Å²) in [6.07, 6.45) is 3.44. The van der Waals surface area contributed by atoms with Crippen molar-refractivity contribution in [2.24, 2.45) is 5.16 Å². The number of hydrogen-bond donors (Lipinski definition) is 2. The number of pyridine rings is 1. The number of amides is 2. The van der Waals surface area contributed by atoms with E-state index in [-0.39, 0.29) is 23.7 Å². The monoisotopic (exact) mass is 925 g/mol. The second-order valence-electron chi connectivity index (χ2n) is 14.5. The molecule has 2 aliphatic heterocycles. The number of benzene rings is 4. The number of oxime groups is 1. The van der Waals surface area contributed by atoms with Crippen LogP contribution in [0.25, 0.3) is 10.2 Å². The lowest BCUT2D eigenvalue weighted by molar-refractivity contribution is -0.153. The molecule has 1 saturated heterocycles. The maximum atomic E-state index is 14.2. The summed E-state index contributed by atoms with van der Waals surface area (Å²) in [4.78, 5) is 62.6. The first-order valence-electron chi connectivity index (χ1n) is 20.0. The van der Waals surface area contributed by atoms with E-state index in [1.165, 1.54) is 58.2 Å². The van der Waals surface area contributed by atoms with Gasteiger partial charge >= 0.3 is 5.97 Å². The van der Waals surface area contributed by atoms with E-state index in [1.54, 1.807) is 37.0 Å². The molecule has 13 nitrogen and oxygen atoms in total. The molecular formula is C47H39N7O6S4. The zero-order valence-electron chi connectivity index (χ0n) is 34.4. The zero-order valence-corrected chi connectivity index (χ0v) is 37.6. The molecule has 322 valence electrons. The Morgan fingerprint density at radius 2 is 1.56 bits per heavy atom. The minimum absolute atomic E-state index is 0.0118. The standard InChI is InChI=1S/C47H39N7O6S4/c1-58-34-20-18-29(19-21-34)25-60-44(57)40-30(27-63-46-50-35-24-48-23-22-37(35)64-46)26-61-43-39(42(56)54(40)43)51-41(55)38(53-59-2)36-28-62-45(49-36)52-47(31-12-6-3-7-13-31,32-14-8-4-9-15-32)33-16-10-5-11-17-33/h3-24,28,39,43H,25-27H2,1-2H3,(H,49,52)(H,51,55)/b53-38-/t39?,43-/m1/s1. The SMILES string of the molecule is CO/N=C(\C(=O)NC1C(=O)N2C(C(=O)OCc3ccc(OC)cc3)=C(CSc3nc4cnccc4s3)CS[C@H]12)c1csc(NC(c2ccccc2)(c2ccccc2)c2ccccc2)n1. The highest BCUT2D eigenvalue weighted by Crippen LogP contribution is 2.44. The van der Waals surface area contributed by atoms with Crippen LogP contribution >= 0.6 is 46.2 Å². The van der Waals surface area contributed by atoms with Crippen molar-refractivity contribution in [1.29, 1.82) is 0 Å². The summed E-state index contributed by atoms with van der Waals surface area (Å²) < 4.78 is 12.9. The summed E-state index contributed by atoms with van der Waals surface area (Å²) in [5, 5.41) is 12.4. The Kier molecular flexibility index (Phi) is 12.7. The fraction of sp³-hybridized carbons (Fsp3) is 0.170. The predicted molar refractivity (Wildman–Crippen MR) is 251 cm³/mol. The lowest BCUT2D eigenvalue weighted by Gasteiger charge is -2.49. The highest BCUT2D eigenvalue weighted by atomic mass is 32.2. The zero-order chi connectivity index (χ0) is 44.0.